The molecule has 1 N–H and O–H groups in total. The molecule has 0 radical (unpaired) electrons. The van der Waals surface area contributed by atoms with Crippen LogP contribution in [0.5, 0.6) is 0 Å². The molecule has 0 aromatic carbocycles. The summed E-state index contributed by atoms with van der Waals surface area (Å²) in [6.45, 7) is 3.99. The number of fused-ring (bicyclic) bond motifs is 1. The van der Waals surface area contributed by atoms with Gasteiger partial charge in [-0.15, -0.1) is 11.3 Å². The molecule has 2 aliphatic rings. The fourth-order valence-corrected chi connectivity index (χ4v) is 3.30. The average molecular weight is 248 g/mol. The van der Waals surface area contributed by atoms with Crippen molar-refractivity contribution in [3.63, 3.8) is 0 Å². The lowest BCUT2D eigenvalue weighted by Gasteiger charge is -2.14. The third-order valence-corrected chi connectivity index (χ3v) is 4.47. The lowest BCUT2D eigenvalue weighted by atomic mass is 10.0. The highest BCUT2D eigenvalue weighted by molar-refractivity contribution is 7.10. The standard InChI is InChI=1S/C13H16N2OS/c16-13(4-3-12-2-1-5-17-12)15-8-10-6-14-7-11(10)9-15/h1-5,10-11,14H,6-9H2. The van der Waals surface area contributed by atoms with Gasteiger partial charge < -0.3 is 10.2 Å². The SMILES string of the molecule is O=C(C=Cc1cccs1)N1CC2CNCC2C1. The first-order chi connectivity index (χ1) is 8.33. The molecule has 2 atom stereocenters. The second-order valence-corrected chi connectivity index (χ2v) is 5.75. The lowest BCUT2D eigenvalue weighted by Crippen LogP contribution is -2.30. The third-order valence-electron chi connectivity index (χ3n) is 3.63. The van der Waals surface area contributed by atoms with Gasteiger partial charge in [0, 0.05) is 37.1 Å². The predicted molar refractivity (Wildman–Crippen MR) is 69.8 cm³/mol. The largest absolute Gasteiger partial charge is 0.338 e. The van der Waals surface area contributed by atoms with E-state index >= 15 is 0 Å². The Kier molecular flexibility index (Phi) is 2.99. The monoisotopic (exact) mass is 248 g/mol. The van der Waals surface area contributed by atoms with Crippen molar-refractivity contribution in [3.05, 3.63) is 28.5 Å². The molecule has 2 saturated heterocycles. The smallest absolute Gasteiger partial charge is 0.246 e. The maximum absolute atomic E-state index is 12.0. The molecule has 0 spiro atoms. The van der Waals surface area contributed by atoms with Gasteiger partial charge in [-0.1, -0.05) is 6.07 Å². The van der Waals surface area contributed by atoms with Crippen molar-refractivity contribution in [3.8, 4) is 0 Å². The summed E-state index contributed by atoms with van der Waals surface area (Å²) in [6, 6.07) is 4.03. The van der Waals surface area contributed by atoms with Crippen molar-refractivity contribution in [1.82, 2.24) is 10.2 Å². The quantitative estimate of drug-likeness (QED) is 0.803. The first-order valence-electron chi connectivity index (χ1n) is 6.04. The Morgan fingerprint density at radius 2 is 2.18 bits per heavy atom. The number of carbonyl (C=O) groups is 1. The molecule has 2 aliphatic heterocycles. The molecule has 0 bridgehead atoms. The highest BCUT2D eigenvalue weighted by atomic mass is 32.1. The molecule has 0 aliphatic carbocycles. The maximum Gasteiger partial charge on any atom is 0.246 e. The summed E-state index contributed by atoms with van der Waals surface area (Å²) in [4.78, 5) is 15.1. The van der Waals surface area contributed by atoms with Crippen molar-refractivity contribution >= 4 is 23.3 Å². The zero-order valence-electron chi connectivity index (χ0n) is 9.63. The molecule has 17 heavy (non-hydrogen) atoms. The minimum atomic E-state index is 0.160. The molecule has 2 fully saturated rings. The van der Waals surface area contributed by atoms with E-state index in [0.29, 0.717) is 11.8 Å². The molecule has 0 saturated carbocycles. The summed E-state index contributed by atoms with van der Waals surface area (Å²) in [6.07, 6.45) is 3.62. The molecule has 90 valence electrons. The molecule has 3 rings (SSSR count). The number of amides is 1. The normalized spacial score (nSPS) is 27.9. The van der Waals surface area contributed by atoms with Crippen molar-refractivity contribution < 1.29 is 4.79 Å². The van der Waals surface area contributed by atoms with E-state index in [2.05, 4.69) is 5.32 Å². The summed E-state index contributed by atoms with van der Waals surface area (Å²) in [5.41, 5.74) is 0. The Morgan fingerprint density at radius 1 is 1.41 bits per heavy atom. The van der Waals surface area contributed by atoms with E-state index in [1.165, 1.54) is 0 Å². The van der Waals surface area contributed by atoms with E-state index in [1.54, 1.807) is 17.4 Å². The minimum absolute atomic E-state index is 0.160. The van der Waals surface area contributed by atoms with Gasteiger partial charge in [0.05, 0.1) is 0 Å². The van der Waals surface area contributed by atoms with Gasteiger partial charge in [-0.2, -0.15) is 0 Å². The Labute approximate surface area is 105 Å². The second kappa shape index (κ2) is 4.63. The highest BCUT2D eigenvalue weighted by Gasteiger charge is 2.37. The van der Waals surface area contributed by atoms with Gasteiger partial charge in [0.2, 0.25) is 5.91 Å². The van der Waals surface area contributed by atoms with Crippen LogP contribution in [0.25, 0.3) is 6.08 Å². The van der Waals surface area contributed by atoms with Crippen LogP contribution in [0.2, 0.25) is 0 Å². The fourth-order valence-electron chi connectivity index (χ4n) is 2.68. The second-order valence-electron chi connectivity index (χ2n) is 4.77. The van der Waals surface area contributed by atoms with Crippen LogP contribution in [-0.2, 0) is 4.79 Å². The highest BCUT2D eigenvalue weighted by Crippen LogP contribution is 2.26. The van der Waals surface area contributed by atoms with Gasteiger partial charge in [0.1, 0.15) is 0 Å². The zero-order valence-corrected chi connectivity index (χ0v) is 10.5. The van der Waals surface area contributed by atoms with Crippen LogP contribution in [0.1, 0.15) is 4.88 Å². The molecule has 3 nitrogen and oxygen atoms in total. The molecular formula is C13H16N2OS. The van der Waals surface area contributed by atoms with E-state index in [-0.39, 0.29) is 5.91 Å². The first kappa shape index (κ1) is 11.0. The summed E-state index contributed by atoms with van der Waals surface area (Å²) in [5, 5.41) is 5.41. The number of thiophene rings is 1. The molecule has 1 amide bonds. The van der Waals surface area contributed by atoms with Crippen LogP contribution in [0.3, 0.4) is 0 Å². The molecule has 1 aromatic heterocycles. The van der Waals surface area contributed by atoms with Crippen molar-refractivity contribution in [2.45, 2.75) is 0 Å². The first-order valence-corrected chi connectivity index (χ1v) is 6.92. The Balaban J connectivity index is 1.60. The fraction of sp³-hybridized carbons (Fsp3) is 0.462. The Bertz CT molecular complexity index is 415. The summed E-state index contributed by atoms with van der Waals surface area (Å²) in [7, 11) is 0. The molecular weight excluding hydrogens is 232 g/mol. The molecule has 4 heteroatoms. The zero-order chi connectivity index (χ0) is 11.7. The number of hydrogen-bond donors (Lipinski definition) is 1. The van der Waals surface area contributed by atoms with Crippen LogP contribution in [-0.4, -0.2) is 37.0 Å². The summed E-state index contributed by atoms with van der Waals surface area (Å²) >= 11 is 1.66. The number of hydrogen-bond acceptors (Lipinski definition) is 3. The van der Waals surface area contributed by atoms with Gasteiger partial charge >= 0.3 is 0 Å². The van der Waals surface area contributed by atoms with E-state index < -0.39 is 0 Å². The van der Waals surface area contributed by atoms with Crippen LogP contribution in [0.15, 0.2) is 23.6 Å². The van der Waals surface area contributed by atoms with E-state index in [4.69, 9.17) is 0 Å². The van der Waals surface area contributed by atoms with Gasteiger partial charge in [0.15, 0.2) is 0 Å². The van der Waals surface area contributed by atoms with Crippen LogP contribution >= 0.6 is 11.3 Å². The lowest BCUT2D eigenvalue weighted by molar-refractivity contribution is -0.125. The molecule has 2 unspecified atom stereocenters. The van der Waals surface area contributed by atoms with Crippen molar-refractivity contribution in [2.75, 3.05) is 26.2 Å². The number of nitrogens with one attached hydrogen (secondary N) is 1. The van der Waals surface area contributed by atoms with Crippen LogP contribution in [0.4, 0.5) is 0 Å². The van der Waals surface area contributed by atoms with Crippen molar-refractivity contribution in [2.24, 2.45) is 11.8 Å². The average Bonchev–Trinajstić information content (AvgIpc) is 3.01. The van der Waals surface area contributed by atoms with Gasteiger partial charge in [-0.3, -0.25) is 4.79 Å². The van der Waals surface area contributed by atoms with Crippen molar-refractivity contribution in [1.29, 1.82) is 0 Å². The van der Waals surface area contributed by atoms with E-state index in [9.17, 15) is 4.79 Å². The Hall–Kier alpha value is -1.13. The molecule has 3 heterocycles. The van der Waals surface area contributed by atoms with Gasteiger partial charge in [0.25, 0.3) is 0 Å². The number of rotatable bonds is 2. The molecule has 1 aromatic rings. The Morgan fingerprint density at radius 3 is 2.82 bits per heavy atom. The van der Waals surface area contributed by atoms with Gasteiger partial charge in [-0.25, -0.2) is 0 Å². The van der Waals surface area contributed by atoms with E-state index in [1.807, 2.05) is 28.5 Å². The third kappa shape index (κ3) is 2.28. The predicted octanol–water partition coefficient (Wildman–Crippen LogP) is 1.44. The number of likely N-dealkylation sites (tertiary alicyclic amines) is 1. The summed E-state index contributed by atoms with van der Waals surface area (Å²) < 4.78 is 0. The van der Waals surface area contributed by atoms with E-state index in [0.717, 1.165) is 31.1 Å². The van der Waals surface area contributed by atoms with Crippen LogP contribution in [0, 0.1) is 11.8 Å². The maximum atomic E-state index is 12.0. The topological polar surface area (TPSA) is 32.3 Å². The van der Waals surface area contributed by atoms with Crippen LogP contribution < -0.4 is 5.32 Å². The number of nitrogens with zero attached hydrogens (tertiary/aromatic N) is 1. The number of carbonyl (C=O) groups excluding carboxylic acids is 1. The summed E-state index contributed by atoms with van der Waals surface area (Å²) in [5.74, 6) is 1.51. The van der Waals surface area contributed by atoms with Gasteiger partial charge in [-0.05, 0) is 29.4 Å². The minimum Gasteiger partial charge on any atom is -0.338 e.